The van der Waals surface area contributed by atoms with E-state index < -0.39 is 11.9 Å². The van der Waals surface area contributed by atoms with Crippen LogP contribution in [0.2, 0.25) is 5.02 Å². The summed E-state index contributed by atoms with van der Waals surface area (Å²) in [6.07, 6.45) is -0.297. The van der Waals surface area contributed by atoms with Gasteiger partial charge in [-0.05, 0) is 43.3 Å². The lowest BCUT2D eigenvalue weighted by atomic mass is 10.1. The zero-order valence-corrected chi connectivity index (χ0v) is 11.9. The summed E-state index contributed by atoms with van der Waals surface area (Å²) in [6, 6.07) is 9.98. The number of rotatable bonds is 5. The van der Waals surface area contributed by atoms with Crippen LogP contribution in [0.5, 0.6) is 5.75 Å². The SMILES string of the molecule is CC(Oc1cc(F)cc(C=O)c1)C(=O)c1ccc(Cl)cc1. The summed E-state index contributed by atoms with van der Waals surface area (Å²) in [5, 5.41) is 0.529. The molecule has 0 radical (unpaired) electrons. The van der Waals surface area contributed by atoms with Crippen molar-refractivity contribution in [3.8, 4) is 5.75 Å². The third-order valence-electron chi connectivity index (χ3n) is 2.84. The number of hydrogen-bond acceptors (Lipinski definition) is 3. The van der Waals surface area contributed by atoms with E-state index in [4.69, 9.17) is 16.3 Å². The molecule has 108 valence electrons. The summed E-state index contributed by atoms with van der Waals surface area (Å²) < 4.78 is 18.7. The largest absolute Gasteiger partial charge is 0.482 e. The van der Waals surface area contributed by atoms with Crippen molar-refractivity contribution < 1.29 is 18.7 Å². The molecule has 1 atom stereocenters. The van der Waals surface area contributed by atoms with E-state index in [1.807, 2.05) is 0 Å². The van der Waals surface area contributed by atoms with Crippen molar-refractivity contribution >= 4 is 23.7 Å². The molecule has 0 amide bonds. The predicted octanol–water partition coefficient (Wildman–Crippen LogP) is 3.94. The fourth-order valence-corrected chi connectivity index (χ4v) is 1.95. The first-order chi connectivity index (χ1) is 9.99. The number of hydrogen-bond donors (Lipinski definition) is 0. The van der Waals surface area contributed by atoms with Gasteiger partial charge in [0.1, 0.15) is 17.9 Å². The molecule has 5 heteroatoms. The van der Waals surface area contributed by atoms with Gasteiger partial charge in [-0.2, -0.15) is 0 Å². The fourth-order valence-electron chi connectivity index (χ4n) is 1.83. The first-order valence-corrected chi connectivity index (χ1v) is 6.59. The number of carbonyl (C=O) groups excluding carboxylic acids is 2. The Bertz CT molecular complexity index is 668. The Hall–Kier alpha value is -2.20. The van der Waals surface area contributed by atoms with Gasteiger partial charge in [-0.3, -0.25) is 9.59 Å². The highest BCUT2D eigenvalue weighted by Gasteiger charge is 2.17. The predicted molar refractivity (Wildman–Crippen MR) is 77.7 cm³/mol. The molecule has 0 spiro atoms. The second kappa shape index (κ2) is 6.50. The van der Waals surface area contributed by atoms with Gasteiger partial charge in [0, 0.05) is 22.2 Å². The number of ketones is 1. The molecule has 0 fully saturated rings. The topological polar surface area (TPSA) is 43.4 Å². The Morgan fingerprint density at radius 2 is 1.90 bits per heavy atom. The highest BCUT2D eigenvalue weighted by Crippen LogP contribution is 2.19. The minimum Gasteiger partial charge on any atom is -0.482 e. The van der Waals surface area contributed by atoms with E-state index >= 15 is 0 Å². The van der Waals surface area contributed by atoms with Crippen LogP contribution in [0.4, 0.5) is 4.39 Å². The van der Waals surface area contributed by atoms with Crippen molar-refractivity contribution in [2.24, 2.45) is 0 Å². The number of aldehydes is 1. The second-order valence-electron chi connectivity index (χ2n) is 4.47. The maximum atomic E-state index is 13.3. The zero-order chi connectivity index (χ0) is 15.4. The molecule has 21 heavy (non-hydrogen) atoms. The van der Waals surface area contributed by atoms with Crippen molar-refractivity contribution in [2.75, 3.05) is 0 Å². The normalized spacial score (nSPS) is 11.8. The Balaban J connectivity index is 2.15. The molecule has 2 aromatic rings. The molecular weight excluding hydrogens is 295 g/mol. The molecule has 0 heterocycles. The number of ether oxygens (including phenoxy) is 1. The summed E-state index contributed by atoms with van der Waals surface area (Å²) >= 11 is 5.76. The van der Waals surface area contributed by atoms with Gasteiger partial charge < -0.3 is 4.74 Å². The molecule has 0 aliphatic heterocycles. The Morgan fingerprint density at radius 1 is 1.24 bits per heavy atom. The van der Waals surface area contributed by atoms with E-state index in [1.54, 1.807) is 31.2 Å². The second-order valence-corrected chi connectivity index (χ2v) is 4.91. The van der Waals surface area contributed by atoms with Crippen LogP contribution in [0.3, 0.4) is 0 Å². The number of Topliss-reactive ketones (excluding diaryl/α,β-unsaturated/α-hetero) is 1. The van der Waals surface area contributed by atoms with E-state index in [1.165, 1.54) is 6.07 Å². The molecule has 0 N–H and O–H groups in total. The van der Waals surface area contributed by atoms with Crippen molar-refractivity contribution in [1.29, 1.82) is 0 Å². The smallest absolute Gasteiger partial charge is 0.202 e. The summed E-state index contributed by atoms with van der Waals surface area (Å²) in [5.41, 5.74) is 0.593. The quantitative estimate of drug-likeness (QED) is 0.620. The van der Waals surface area contributed by atoms with Crippen LogP contribution in [-0.4, -0.2) is 18.2 Å². The first kappa shape index (κ1) is 15.2. The van der Waals surface area contributed by atoms with E-state index in [0.717, 1.165) is 12.1 Å². The van der Waals surface area contributed by atoms with E-state index in [0.29, 0.717) is 16.9 Å². The third-order valence-corrected chi connectivity index (χ3v) is 3.09. The first-order valence-electron chi connectivity index (χ1n) is 6.22. The molecular formula is C16H12ClFO3. The Morgan fingerprint density at radius 3 is 2.52 bits per heavy atom. The minimum atomic E-state index is -0.813. The molecule has 0 bridgehead atoms. The Labute approximate surface area is 126 Å². The van der Waals surface area contributed by atoms with Crippen LogP contribution in [0.25, 0.3) is 0 Å². The van der Waals surface area contributed by atoms with Gasteiger partial charge in [-0.1, -0.05) is 11.6 Å². The molecule has 0 aliphatic carbocycles. The number of benzene rings is 2. The van der Waals surface area contributed by atoms with Crippen molar-refractivity contribution in [2.45, 2.75) is 13.0 Å². The van der Waals surface area contributed by atoms with Crippen LogP contribution < -0.4 is 4.74 Å². The van der Waals surface area contributed by atoms with Crippen LogP contribution in [-0.2, 0) is 0 Å². The van der Waals surface area contributed by atoms with E-state index in [9.17, 15) is 14.0 Å². The van der Waals surface area contributed by atoms with Gasteiger partial charge in [0.05, 0.1) is 0 Å². The van der Waals surface area contributed by atoms with E-state index in [-0.39, 0.29) is 17.1 Å². The fraction of sp³-hybridized carbons (Fsp3) is 0.125. The third kappa shape index (κ3) is 3.89. The molecule has 2 rings (SSSR count). The van der Waals surface area contributed by atoms with Crippen LogP contribution in [0.1, 0.15) is 27.6 Å². The molecule has 0 saturated carbocycles. The van der Waals surface area contributed by atoms with Gasteiger partial charge in [0.2, 0.25) is 5.78 Å². The van der Waals surface area contributed by atoms with Crippen molar-refractivity contribution in [1.82, 2.24) is 0 Å². The zero-order valence-electron chi connectivity index (χ0n) is 11.2. The standard InChI is InChI=1S/C16H12ClFO3/c1-10(16(20)12-2-4-13(17)5-3-12)21-15-7-11(9-19)6-14(18)8-15/h2-10H,1H3. The van der Waals surface area contributed by atoms with E-state index in [2.05, 4.69) is 0 Å². The lowest BCUT2D eigenvalue weighted by Gasteiger charge is -2.14. The highest BCUT2D eigenvalue weighted by atomic mass is 35.5. The van der Waals surface area contributed by atoms with Crippen LogP contribution in [0.15, 0.2) is 42.5 Å². The molecule has 1 unspecified atom stereocenters. The summed E-state index contributed by atoms with van der Waals surface area (Å²) in [5.74, 6) is -0.726. The maximum absolute atomic E-state index is 13.3. The molecule has 0 aromatic heterocycles. The van der Waals surface area contributed by atoms with Crippen LogP contribution in [0, 0.1) is 5.82 Å². The highest BCUT2D eigenvalue weighted by molar-refractivity contribution is 6.30. The lowest BCUT2D eigenvalue weighted by Crippen LogP contribution is -2.24. The van der Waals surface area contributed by atoms with Crippen LogP contribution >= 0.6 is 11.6 Å². The van der Waals surface area contributed by atoms with Gasteiger partial charge >= 0.3 is 0 Å². The monoisotopic (exact) mass is 306 g/mol. The Kier molecular flexibility index (Phi) is 4.70. The summed E-state index contributed by atoms with van der Waals surface area (Å²) in [4.78, 5) is 22.9. The molecule has 0 aliphatic rings. The maximum Gasteiger partial charge on any atom is 0.202 e. The van der Waals surface area contributed by atoms with Crippen molar-refractivity contribution in [3.63, 3.8) is 0 Å². The average molecular weight is 307 g/mol. The van der Waals surface area contributed by atoms with Gasteiger partial charge in [-0.15, -0.1) is 0 Å². The summed E-state index contributed by atoms with van der Waals surface area (Å²) in [6.45, 7) is 1.56. The molecule has 2 aromatic carbocycles. The van der Waals surface area contributed by atoms with Gasteiger partial charge in [0.25, 0.3) is 0 Å². The average Bonchev–Trinajstić information content (AvgIpc) is 2.46. The van der Waals surface area contributed by atoms with Gasteiger partial charge in [-0.25, -0.2) is 4.39 Å². The van der Waals surface area contributed by atoms with Crippen molar-refractivity contribution in [3.05, 3.63) is 64.4 Å². The molecule has 3 nitrogen and oxygen atoms in total. The minimum absolute atomic E-state index is 0.131. The number of carbonyl (C=O) groups is 2. The molecule has 0 saturated heterocycles. The summed E-state index contributed by atoms with van der Waals surface area (Å²) in [7, 11) is 0. The number of halogens is 2. The lowest BCUT2D eigenvalue weighted by molar-refractivity contribution is 0.0817. The van der Waals surface area contributed by atoms with Gasteiger partial charge in [0.15, 0.2) is 6.10 Å².